The molecule has 0 radical (unpaired) electrons. The van der Waals surface area contributed by atoms with Gasteiger partial charge in [-0.25, -0.2) is 0 Å². The molecule has 0 atom stereocenters. The van der Waals surface area contributed by atoms with Gasteiger partial charge in [0.15, 0.2) is 0 Å². The maximum atomic E-state index is 11.6. The van der Waals surface area contributed by atoms with Gasteiger partial charge in [0, 0.05) is 19.2 Å². The normalized spacial score (nSPS) is 10.2. The van der Waals surface area contributed by atoms with Crippen molar-refractivity contribution in [2.45, 2.75) is 6.54 Å². The van der Waals surface area contributed by atoms with Crippen molar-refractivity contribution < 1.29 is 19.1 Å². The van der Waals surface area contributed by atoms with Crippen LogP contribution < -0.4 is 10.6 Å². The molecule has 0 saturated carbocycles. The summed E-state index contributed by atoms with van der Waals surface area (Å²) in [5, 5.41) is 5.03. The van der Waals surface area contributed by atoms with Gasteiger partial charge in [-0.1, -0.05) is 12.1 Å². The molecule has 7 nitrogen and oxygen atoms in total. The molecule has 120 valence electrons. The van der Waals surface area contributed by atoms with E-state index in [2.05, 4.69) is 15.4 Å². The molecule has 1 aromatic rings. The van der Waals surface area contributed by atoms with E-state index in [1.807, 2.05) is 17.0 Å². The van der Waals surface area contributed by atoms with Gasteiger partial charge in [-0.05, 0) is 24.7 Å². The van der Waals surface area contributed by atoms with E-state index < -0.39 is 5.97 Å². The van der Waals surface area contributed by atoms with Crippen LogP contribution in [0.25, 0.3) is 0 Å². The Kier molecular flexibility index (Phi) is 7.04. The van der Waals surface area contributed by atoms with Crippen molar-refractivity contribution in [2.24, 2.45) is 0 Å². The van der Waals surface area contributed by atoms with Crippen LogP contribution in [0.1, 0.15) is 15.9 Å². The molecule has 0 unspecified atom stereocenters. The Labute approximate surface area is 129 Å². The predicted molar refractivity (Wildman–Crippen MR) is 81.2 cm³/mol. The molecule has 2 N–H and O–H groups in total. The van der Waals surface area contributed by atoms with Crippen molar-refractivity contribution in [3.8, 4) is 0 Å². The zero-order chi connectivity index (χ0) is 16.5. The third-order valence-electron chi connectivity index (χ3n) is 2.97. The number of carbonyl (C=O) groups is 3. The number of methoxy groups -OCH3 is 1. The van der Waals surface area contributed by atoms with Crippen molar-refractivity contribution in [1.82, 2.24) is 15.5 Å². The van der Waals surface area contributed by atoms with Crippen LogP contribution in [0.2, 0.25) is 0 Å². The van der Waals surface area contributed by atoms with E-state index in [9.17, 15) is 14.4 Å². The van der Waals surface area contributed by atoms with Crippen LogP contribution in [0.4, 0.5) is 0 Å². The molecule has 1 aromatic carbocycles. The Hall–Kier alpha value is -2.41. The van der Waals surface area contributed by atoms with Gasteiger partial charge >= 0.3 is 5.97 Å². The lowest BCUT2D eigenvalue weighted by Crippen LogP contribution is -2.37. The SMILES string of the molecule is CNC(=O)c1ccc(CN(C)CC(=O)NCC(=O)OC)cc1. The molecule has 22 heavy (non-hydrogen) atoms. The predicted octanol–water partition coefficient (Wildman–Crippen LogP) is -0.233. The number of hydrogen-bond donors (Lipinski definition) is 2. The standard InChI is InChI=1S/C15H21N3O4/c1-16-15(21)12-6-4-11(5-7-12)9-18(2)10-13(19)17-8-14(20)22-3/h4-7H,8-10H2,1-3H3,(H,16,21)(H,17,19). The number of hydrogen-bond acceptors (Lipinski definition) is 5. The molecule has 0 spiro atoms. The number of rotatable bonds is 7. The van der Waals surface area contributed by atoms with Crippen LogP contribution in [0.15, 0.2) is 24.3 Å². The quantitative estimate of drug-likeness (QED) is 0.679. The van der Waals surface area contributed by atoms with Crippen LogP contribution >= 0.6 is 0 Å². The third-order valence-corrected chi connectivity index (χ3v) is 2.97. The van der Waals surface area contributed by atoms with Gasteiger partial charge in [-0.3, -0.25) is 19.3 Å². The average molecular weight is 307 g/mol. The largest absolute Gasteiger partial charge is 0.468 e. The lowest BCUT2D eigenvalue weighted by atomic mass is 10.1. The summed E-state index contributed by atoms with van der Waals surface area (Å²) < 4.78 is 4.44. The molecular weight excluding hydrogens is 286 g/mol. The fourth-order valence-electron chi connectivity index (χ4n) is 1.82. The van der Waals surface area contributed by atoms with Crippen molar-refractivity contribution in [2.75, 3.05) is 34.3 Å². The van der Waals surface area contributed by atoms with Crippen LogP contribution in [-0.4, -0.2) is 57.0 Å². The molecule has 0 aliphatic carbocycles. The molecule has 0 saturated heterocycles. The van der Waals surface area contributed by atoms with E-state index in [4.69, 9.17) is 0 Å². The first-order valence-electron chi connectivity index (χ1n) is 6.79. The lowest BCUT2D eigenvalue weighted by molar-refractivity contribution is -0.141. The number of amides is 2. The van der Waals surface area contributed by atoms with Crippen molar-refractivity contribution in [3.05, 3.63) is 35.4 Å². The summed E-state index contributed by atoms with van der Waals surface area (Å²) in [6, 6.07) is 7.15. The monoisotopic (exact) mass is 307 g/mol. The fraction of sp³-hybridized carbons (Fsp3) is 0.400. The Balaban J connectivity index is 2.44. The van der Waals surface area contributed by atoms with E-state index in [-0.39, 0.29) is 24.9 Å². The highest BCUT2D eigenvalue weighted by Gasteiger charge is 2.09. The van der Waals surface area contributed by atoms with E-state index in [1.165, 1.54) is 7.11 Å². The van der Waals surface area contributed by atoms with Crippen LogP contribution in [0, 0.1) is 0 Å². The number of nitrogens with zero attached hydrogens (tertiary/aromatic N) is 1. The number of benzene rings is 1. The molecule has 0 aliphatic rings. The minimum atomic E-state index is -0.485. The minimum absolute atomic E-state index is 0.135. The van der Waals surface area contributed by atoms with Crippen LogP contribution in [0.3, 0.4) is 0 Å². The average Bonchev–Trinajstić information content (AvgIpc) is 2.52. The topological polar surface area (TPSA) is 87.7 Å². The molecule has 0 bridgehead atoms. The van der Waals surface area contributed by atoms with Gasteiger partial charge in [0.1, 0.15) is 6.54 Å². The first-order valence-corrected chi connectivity index (χ1v) is 6.79. The van der Waals surface area contributed by atoms with Gasteiger partial charge in [0.05, 0.1) is 13.7 Å². The lowest BCUT2D eigenvalue weighted by Gasteiger charge is -2.16. The van der Waals surface area contributed by atoms with E-state index in [0.717, 1.165) is 5.56 Å². The summed E-state index contributed by atoms with van der Waals surface area (Å²) >= 11 is 0. The van der Waals surface area contributed by atoms with Gasteiger partial charge in [0.25, 0.3) is 5.91 Å². The van der Waals surface area contributed by atoms with Crippen LogP contribution in [0.5, 0.6) is 0 Å². The Morgan fingerprint density at radius 1 is 1.18 bits per heavy atom. The van der Waals surface area contributed by atoms with Gasteiger partial charge in [0.2, 0.25) is 5.91 Å². The second-order valence-electron chi connectivity index (χ2n) is 4.80. The van der Waals surface area contributed by atoms with Crippen molar-refractivity contribution in [1.29, 1.82) is 0 Å². The molecule has 7 heteroatoms. The molecule has 2 amide bonds. The smallest absolute Gasteiger partial charge is 0.325 e. The number of esters is 1. The maximum absolute atomic E-state index is 11.6. The number of likely N-dealkylation sites (N-methyl/N-ethyl adjacent to an activating group) is 1. The third kappa shape index (κ3) is 5.92. The van der Waals surface area contributed by atoms with E-state index >= 15 is 0 Å². The van der Waals surface area contributed by atoms with E-state index in [1.54, 1.807) is 26.2 Å². The summed E-state index contributed by atoms with van der Waals surface area (Å²) in [7, 11) is 4.64. The maximum Gasteiger partial charge on any atom is 0.325 e. The highest BCUT2D eigenvalue weighted by Crippen LogP contribution is 2.06. The Bertz CT molecular complexity index is 528. The van der Waals surface area contributed by atoms with Crippen LogP contribution in [-0.2, 0) is 20.9 Å². The molecular formula is C15H21N3O4. The summed E-state index contributed by atoms with van der Waals surface area (Å²) in [5.74, 6) is -0.877. The first kappa shape index (κ1) is 17.6. The van der Waals surface area contributed by atoms with E-state index in [0.29, 0.717) is 12.1 Å². The summed E-state index contributed by atoms with van der Waals surface area (Å²) in [6.45, 7) is 0.581. The number of ether oxygens (including phenoxy) is 1. The fourth-order valence-corrected chi connectivity index (χ4v) is 1.82. The Morgan fingerprint density at radius 2 is 1.82 bits per heavy atom. The zero-order valence-corrected chi connectivity index (χ0v) is 13.0. The molecule has 0 heterocycles. The number of nitrogens with one attached hydrogen (secondary N) is 2. The molecule has 0 aliphatic heterocycles. The zero-order valence-electron chi connectivity index (χ0n) is 13.0. The highest BCUT2D eigenvalue weighted by atomic mass is 16.5. The second kappa shape index (κ2) is 8.78. The van der Waals surface area contributed by atoms with Crippen molar-refractivity contribution in [3.63, 3.8) is 0 Å². The minimum Gasteiger partial charge on any atom is -0.468 e. The number of carbonyl (C=O) groups excluding carboxylic acids is 3. The van der Waals surface area contributed by atoms with Gasteiger partial charge < -0.3 is 15.4 Å². The van der Waals surface area contributed by atoms with Gasteiger partial charge in [-0.2, -0.15) is 0 Å². The summed E-state index contributed by atoms with van der Waals surface area (Å²) in [4.78, 5) is 35.8. The molecule has 1 rings (SSSR count). The highest BCUT2D eigenvalue weighted by molar-refractivity contribution is 5.93. The van der Waals surface area contributed by atoms with Gasteiger partial charge in [-0.15, -0.1) is 0 Å². The second-order valence-corrected chi connectivity index (χ2v) is 4.80. The Morgan fingerprint density at radius 3 is 2.36 bits per heavy atom. The summed E-state index contributed by atoms with van der Waals surface area (Å²) in [5.41, 5.74) is 1.57. The summed E-state index contributed by atoms with van der Waals surface area (Å²) in [6.07, 6.45) is 0. The molecule has 0 aromatic heterocycles. The molecule has 0 fully saturated rings. The first-order chi connectivity index (χ1) is 10.5. The van der Waals surface area contributed by atoms with Crippen molar-refractivity contribution >= 4 is 17.8 Å².